The molecule has 0 aromatic rings. The first-order valence-electron chi connectivity index (χ1n) is 9.75. The van der Waals surface area contributed by atoms with E-state index in [2.05, 4.69) is 16.3 Å². The zero-order valence-corrected chi connectivity index (χ0v) is 14.8. The van der Waals surface area contributed by atoms with Crippen LogP contribution in [0.25, 0.3) is 0 Å². The minimum atomic E-state index is -0.305. The Hall–Kier alpha value is -1.12. The van der Waals surface area contributed by atoms with Gasteiger partial charge in [0.25, 0.3) is 0 Å². The van der Waals surface area contributed by atoms with Gasteiger partial charge in [-0.15, -0.1) is 0 Å². The van der Waals surface area contributed by atoms with Crippen LogP contribution in [0, 0.1) is 17.2 Å². The van der Waals surface area contributed by atoms with Crippen molar-refractivity contribution in [2.75, 3.05) is 26.3 Å². The van der Waals surface area contributed by atoms with E-state index in [9.17, 15) is 10.1 Å². The molecular weight excluding hydrogens is 302 g/mol. The lowest BCUT2D eigenvalue weighted by molar-refractivity contribution is -0.126. The summed E-state index contributed by atoms with van der Waals surface area (Å²) in [5, 5.41) is 12.6. The van der Waals surface area contributed by atoms with E-state index in [1.54, 1.807) is 0 Å². The summed E-state index contributed by atoms with van der Waals surface area (Å²) in [5.74, 6) is 0.413. The lowest BCUT2D eigenvalue weighted by Gasteiger charge is -2.43. The first-order chi connectivity index (χ1) is 11.7. The molecule has 1 amide bonds. The third-order valence-corrected chi connectivity index (χ3v) is 6.28. The van der Waals surface area contributed by atoms with Crippen molar-refractivity contribution in [1.29, 1.82) is 5.26 Å². The number of amides is 1. The predicted molar refractivity (Wildman–Crippen MR) is 92.3 cm³/mol. The SMILES string of the molecule is N#CC(NC(=O)CC1(N2CCOCC2)CCCC1)C1CCCCC1. The number of rotatable bonds is 5. The molecule has 0 spiro atoms. The van der Waals surface area contributed by atoms with E-state index in [-0.39, 0.29) is 17.5 Å². The minimum Gasteiger partial charge on any atom is -0.379 e. The molecule has 1 heterocycles. The molecule has 0 radical (unpaired) electrons. The fraction of sp³-hybridized carbons (Fsp3) is 0.895. The first-order valence-corrected chi connectivity index (χ1v) is 9.75. The second-order valence-electron chi connectivity index (χ2n) is 7.78. The molecule has 0 aromatic heterocycles. The van der Waals surface area contributed by atoms with Gasteiger partial charge in [-0.25, -0.2) is 0 Å². The zero-order chi connectivity index (χ0) is 16.8. The molecule has 0 aromatic carbocycles. The van der Waals surface area contributed by atoms with Crippen molar-refractivity contribution >= 4 is 5.91 Å². The van der Waals surface area contributed by atoms with Crippen LogP contribution in [0.2, 0.25) is 0 Å². The number of ether oxygens (including phenoxy) is 1. The molecule has 134 valence electrons. The van der Waals surface area contributed by atoms with Crippen LogP contribution < -0.4 is 5.32 Å². The van der Waals surface area contributed by atoms with Gasteiger partial charge in [0, 0.05) is 25.0 Å². The van der Waals surface area contributed by atoms with Crippen LogP contribution >= 0.6 is 0 Å². The minimum absolute atomic E-state index is 0.000430. The Labute approximate surface area is 145 Å². The van der Waals surface area contributed by atoms with Gasteiger partial charge in [0.1, 0.15) is 6.04 Å². The quantitative estimate of drug-likeness (QED) is 0.840. The van der Waals surface area contributed by atoms with Gasteiger partial charge in [-0.1, -0.05) is 32.1 Å². The third kappa shape index (κ3) is 4.10. The number of carbonyl (C=O) groups is 1. The Morgan fingerprint density at radius 2 is 1.83 bits per heavy atom. The Morgan fingerprint density at radius 3 is 2.46 bits per heavy atom. The van der Waals surface area contributed by atoms with Crippen molar-refractivity contribution in [3.8, 4) is 6.07 Å². The molecule has 1 unspecified atom stereocenters. The maximum atomic E-state index is 12.7. The lowest BCUT2D eigenvalue weighted by atomic mass is 9.84. The molecule has 3 rings (SSSR count). The van der Waals surface area contributed by atoms with Gasteiger partial charge in [-0.2, -0.15) is 5.26 Å². The molecule has 3 fully saturated rings. The van der Waals surface area contributed by atoms with E-state index in [0.29, 0.717) is 12.3 Å². The van der Waals surface area contributed by atoms with Crippen LogP contribution in [0.15, 0.2) is 0 Å². The van der Waals surface area contributed by atoms with Crippen molar-refractivity contribution < 1.29 is 9.53 Å². The van der Waals surface area contributed by atoms with E-state index in [0.717, 1.165) is 52.0 Å². The van der Waals surface area contributed by atoms with Crippen LogP contribution in [-0.2, 0) is 9.53 Å². The lowest BCUT2D eigenvalue weighted by Crippen LogP contribution is -2.54. The Kier molecular flexibility index (Phi) is 6.13. The van der Waals surface area contributed by atoms with Crippen LogP contribution in [0.1, 0.15) is 64.2 Å². The topological polar surface area (TPSA) is 65.4 Å². The highest BCUT2D eigenvalue weighted by molar-refractivity contribution is 5.78. The van der Waals surface area contributed by atoms with Gasteiger partial charge in [-0.3, -0.25) is 9.69 Å². The van der Waals surface area contributed by atoms with Crippen molar-refractivity contribution in [1.82, 2.24) is 10.2 Å². The highest BCUT2D eigenvalue weighted by atomic mass is 16.5. The third-order valence-electron chi connectivity index (χ3n) is 6.28. The van der Waals surface area contributed by atoms with Crippen LogP contribution in [0.3, 0.4) is 0 Å². The van der Waals surface area contributed by atoms with Gasteiger partial charge in [0.05, 0.1) is 19.3 Å². The van der Waals surface area contributed by atoms with Crippen LogP contribution in [-0.4, -0.2) is 48.7 Å². The molecule has 24 heavy (non-hydrogen) atoms. The van der Waals surface area contributed by atoms with E-state index >= 15 is 0 Å². The number of nitriles is 1. The van der Waals surface area contributed by atoms with E-state index in [4.69, 9.17) is 4.74 Å². The molecular formula is C19H31N3O2. The van der Waals surface area contributed by atoms with E-state index < -0.39 is 0 Å². The van der Waals surface area contributed by atoms with Crippen molar-refractivity contribution in [2.45, 2.75) is 75.8 Å². The second kappa shape index (κ2) is 8.31. The number of carbonyl (C=O) groups excluding carboxylic acids is 1. The van der Waals surface area contributed by atoms with E-state index in [1.807, 2.05) is 0 Å². The number of morpholine rings is 1. The highest BCUT2D eigenvalue weighted by Gasteiger charge is 2.42. The molecule has 2 saturated carbocycles. The van der Waals surface area contributed by atoms with Crippen molar-refractivity contribution in [3.05, 3.63) is 0 Å². The standard InChI is InChI=1S/C19H31N3O2/c20-15-17(16-6-2-1-3-7-16)21-18(23)14-19(8-4-5-9-19)22-10-12-24-13-11-22/h16-17H,1-14H2,(H,21,23). The van der Waals surface area contributed by atoms with Crippen molar-refractivity contribution in [3.63, 3.8) is 0 Å². The van der Waals surface area contributed by atoms with E-state index in [1.165, 1.54) is 32.1 Å². The summed E-state index contributed by atoms with van der Waals surface area (Å²) in [6.07, 6.45) is 10.9. The normalized spacial score (nSPS) is 26.6. The maximum absolute atomic E-state index is 12.7. The van der Waals surface area contributed by atoms with Crippen LogP contribution in [0.5, 0.6) is 0 Å². The van der Waals surface area contributed by atoms with Gasteiger partial charge in [-0.05, 0) is 31.6 Å². The summed E-state index contributed by atoms with van der Waals surface area (Å²) in [7, 11) is 0. The average molecular weight is 333 g/mol. The Morgan fingerprint density at radius 1 is 1.17 bits per heavy atom. The monoisotopic (exact) mass is 333 g/mol. The predicted octanol–water partition coefficient (Wildman–Crippen LogP) is 2.61. The fourth-order valence-electron chi connectivity index (χ4n) is 4.92. The van der Waals surface area contributed by atoms with Crippen molar-refractivity contribution in [2.24, 2.45) is 5.92 Å². The first kappa shape index (κ1) is 17.7. The number of nitrogens with one attached hydrogen (secondary N) is 1. The average Bonchev–Trinajstić information content (AvgIpc) is 3.11. The van der Waals surface area contributed by atoms with Gasteiger partial charge < -0.3 is 10.1 Å². The summed E-state index contributed by atoms with van der Waals surface area (Å²) in [6.45, 7) is 3.40. The second-order valence-corrected chi connectivity index (χ2v) is 7.78. The number of hydrogen-bond acceptors (Lipinski definition) is 4. The van der Waals surface area contributed by atoms with Crippen LogP contribution in [0.4, 0.5) is 0 Å². The summed E-state index contributed by atoms with van der Waals surface area (Å²) in [5.41, 5.74) is 0.000430. The molecule has 2 aliphatic carbocycles. The Bertz CT molecular complexity index is 456. The number of nitrogens with zero attached hydrogens (tertiary/aromatic N) is 2. The molecule has 1 aliphatic heterocycles. The molecule has 1 saturated heterocycles. The summed E-state index contributed by atoms with van der Waals surface area (Å²) in [4.78, 5) is 15.2. The summed E-state index contributed by atoms with van der Waals surface area (Å²) >= 11 is 0. The fourth-order valence-corrected chi connectivity index (χ4v) is 4.92. The largest absolute Gasteiger partial charge is 0.379 e. The summed E-state index contributed by atoms with van der Waals surface area (Å²) < 4.78 is 5.49. The Balaban J connectivity index is 1.59. The molecule has 1 atom stereocenters. The molecule has 3 aliphatic rings. The zero-order valence-electron chi connectivity index (χ0n) is 14.8. The maximum Gasteiger partial charge on any atom is 0.222 e. The van der Waals surface area contributed by atoms with Gasteiger partial charge in [0.15, 0.2) is 0 Å². The summed E-state index contributed by atoms with van der Waals surface area (Å²) in [6, 6.07) is 2.05. The van der Waals surface area contributed by atoms with Gasteiger partial charge >= 0.3 is 0 Å². The smallest absolute Gasteiger partial charge is 0.222 e. The highest BCUT2D eigenvalue weighted by Crippen LogP contribution is 2.38. The van der Waals surface area contributed by atoms with Gasteiger partial charge in [0.2, 0.25) is 5.91 Å². The molecule has 0 bridgehead atoms. The molecule has 5 nitrogen and oxygen atoms in total. The molecule has 1 N–H and O–H groups in total. The molecule has 5 heteroatoms. The number of hydrogen-bond donors (Lipinski definition) is 1.